The molecule has 0 aliphatic carbocycles. The van der Waals surface area contributed by atoms with Crippen LogP contribution in [0.3, 0.4) is 0 Å². The molecule has 0 bridgehead atoms. The van der Waals surface area contributed by atoms with E-state index >= 15 is 0 Å². The fraction of sp³-hybridized carbons (Fsp3) is 0.385. The standard InChI is InChI=1S/C26H29ClN4O4/c1-15-17(8-16-6-7-31(25(34)35)22(9-16)26(2,3)4)10-19(27)13-21(15)29-24(33)18-11-20(14-28)30(5)23(32)12-18/h8,10-13,22H,6-7,9H2,1-5H3,(H,29,33)(H,34,35). The van der Waals surface area contributed by atoms with Gasteiger partial charge in [0, 0.05) is 42.0 Å². The number of anilines is 1. The second kappa shape index (κ2) is 9.96. The predicted octanol–water partition coefficient (Wildman–Crippen LogP) is 5.04. The van der Waals surface area contributed by atoms with Crippen LogP contribution in [0.2, 0.25) is 5.02 Å². The van der Waals surface area contributed by atoms with Gasteiger partial charge in [-0.05, 0) is 54.5 Å². The molecule has 1 unspecified atom stereocenters. The summed E-state index contributed by atoms with van der Waals surface area (Å²) in [6.07, 6.45) is 2.31. The molecule has 8 nitrogen and oxygen atoms in total. The summed E-state index contributed by atoms with van der Waals surface area (Å²) >= 11 is 6.37. The van der Waals surface area contributed by atoms with E-state index in [0.29, 0.717) is 30.1 Å². The summed E-state index contributed by atoms with van der Waals surface area (Å²) < 4.78 is 1.17. The van der Waals surface area contributed by atoms with Crippen LogP contribution in [0, 0.1) is 23.7 Å². The highest BCUT2D eigenvalue weighted by Crippen LogP contribution is 2.36. The first kappa shape index (κ1) is 26.0. The third kappa shape index (κ3) is 5.75. The topological polar surface area (TPSA) is 115 Å². The second-order valence-electron chi connectivity index (χ2n) is 9.87. The SMILES string of the molecule is Cc1c(C=C2CCN(C(=O)O)C(C(C)(C)C)C2)cc(Cl)cc1NC(=O)c1cc(C#N)n(C)c(=O)c1. The van der Waals surface area contributed by atoms with Crippen LogP contribution < -0.4 is 10.9 Å². The number of hydrogen-bond donors (Lipinski definition) is 2. The first-order valence-corrected chi connectivity index (χ1v) is 11.6. The van der Waals surface area contributed by atoms with Crippen LogP contribution in [0.25, 0.3) is 6.08 Å². The number of carboxylic acid groups (broad SMARTS) is 1. The van der Waals surface area contributed by atoms with Gasteiger partial charge < -0.3 is 19.9 Å². The second-order valence-corrected chi connectivity index (χ2v) is 10.3. The summed E-state index contributed by atoms with van der Waals surface area (Å²) in [6.45, 7) is 8.36. The van der Waals surface area contributed by atoms with Crippen LogP contribution in [0.1, 0.15) is 60.8 Å². The lowest BCUT2D eigenvalue weighted by Gasteiger charge is -2.42. The van der Waals surface area contributed by atoms with E-state index in [9.17, 15) is 24.8 Å². The van der Waals surface area contributed by atoms with Crippen molar-refractivity contribution >= 4 is 35.4 Å². The maximum absolute atomic E-state index is 12.9. The summed E-state index contributed by atoms with van der Waals surface area (Å²) in [5, 5.41) is 22.1. The van der Waals surface area contributed by atoms with Gasteiger partial charge in [-0.15, -0.1) is 0 Å². The zero-order valence-corrected chi connectivity index (χ0v) is 21.2. The number of carbonyl (C=O) groups excluding carboxylic acids is 1. The number of hydrogen-bond acceptors (Lipinski definition) is 4. The summed E-state index contributed by atoms with van der Waals surface area (Å²) in [7, 11) is 1.47. The number of halogens is 1. The molecule has 1 atom stereocenters. The van der Waals surface area contributed by atoms with Crippen LogP contribution in [0.15, 0.2) is 34.6 Å². The Hall–Kier alpha value is -3.57. The number of nitriles is 1. The fourth-order valence-corrected chi connectivity index (χ4v) is 4.51. The van der Waals surface area contributed by atoms with E-state index in [1.807, 2.05) is 39.8 Å². The van der Waals surface area contributed by atoms with Crippen LogP contribution in [-0.4, -0.2) is 39.2 Å². The number of nitrogens with one attached hydrogen (secondary N) is 1. The molecule has 2 aromatic rings. The third-order valence-electron chi connectivity index (χ3n) is 6.41. The van der Waals surface area contributed by atoms with E-state index in [-0.39, 0.29) is 22.7 Å². The molecule has 0 saturated carbocycles. The number of nitrogens with zero attached hydrogens (tertiary/aromatic N) is 3. The largest absolute Gasteiger partial charge is 0.465 e. The van der Waals surface area contributed by atoms with E-state index in [1.165, 1.54) is 28.6 Å². The van der Waals surface area contributed by atoms with Crippen LogP contribution in [-0.2, 0) is 7.05 Å². The Labute approximate surface area is 209 Å². The first-order valence-electron chi connectivity index (χ1n) is 11.2. The van der Waals surface area contributed by atoms with Crippen LogP contribution >= 0.6 is 11.6 Å². The van der Waals surface area contributed by atoms with E-state index in [2.05, 4.69) is 5.32 Å². The molecule has 0 spiro atoms. The average molecular weight is 497 g/mol. The van der Waals surface area contributed by atoms with Gasteiger partial charge in [-0.3, -0.25) is 9.59 Å². The van der Waals surface area contributed by atoms with Gasteiger partial charge in [-0.2, -0.15) is 5.26 Å². The van der Waals surface area contributed by atoms with Gasteiger partial charge in [0.2, 0.25) is 0 Å². The van der Waals surface area contributed by atoms with E-state index in [4.69, 9.17) is 11.6 Å². The molecule has 9 heteroatoms. The number of amides is 2. The van der Waals surface area contributed by atoms with E-state index in [1.54, 1.807) is 12.1 Å². The monoisotopic (exact) mass is 496 g/mol. The Bertz CT molecular complexity index is 1310. The zero-order chi connectivity index (χ0) is 26.1. The average Bonchev–Trinajstić information content (AvgIpc) is 2.77. The summed E-state index contributed by atoms with van der Waals surface area (Å²) in [5.41, 5.74) is 2.68. The molecule has 1 aromatic heterocycles. The molecule has 184 valence electrons. The molecular formula is C26H29ClN4O4. The highest BCUT2D eigenvalue weighted by molar-refractivity contribution is 6.31. The van der Waals surface area contributed by atoms with Crippen molar-refractivity contribution in [1.82, 2.24) is 9.47 Å². The molecule has 1 aliphatic heterocycles. The highest BCUT2D eigenvalue weighted by atomic mass is 35.5. The van der Waals surface area contributed by atoms with Gasteiger partial charge in [0.25, 0.3) is 11.5 Å². The molecule has 35 heavy (non-hydrogen) atoms. The van der Waals surface area contributed by atoms with Gasteiger partial charge in [0.1, 0.15) is 11.8 Å². The zero-order valence-electron chi connectivity index (χ0n) is 20.5. The lowest BCUT2D eigenvalue weighted by molar-refractivity contribution is 0.0724. The molecule has 1 fully saturated rings. The van der Waals surface area contributed by atoms with Crippen molar-refractivity contribution in [1.29, 1.82) is 5.26 Å². The van der Waals surface area contributed by atoms with Crippen molar-refractivity contribution in [2.75, 3.05) is 11.9 Å². The predicted molar refractivity (Wildman–Crippen MR) is 136 cm³/mol. The minimum Gasteiger partial charge on any atom is -0.465 e. The molecule has 1 aromatic carbocycles. The smallest absolute Gasteiger partial charge is 0.407 e. The highest BCUT2D eigenvalue weighted by Gasteiger charge is 2.36. The molecule has 1 aliphatic rings. The Kier molecular flexibility index (Phi) is 7.41. The molecule has 0 radical (unpaired) electrons. The number of rotatable bonds is 3. The lowest BCUT2D eigenvalue weighted by Crippen LogP contribution is -2.50. The van der Waals surface area contributed by atoms with Crippen molar-refractivity contribution in [3.8, 4) is 6.07 Å². The van der Waals surface area contributed by atoms with E-state index < -0.39 is 17.6 Å². The molecule has 2 amide bonds. The number of pyridine rings is 1. The number of benzene rings is 1. The van der Waals surface area contributed by atoms with Crippen LogP contribution in [0.4, 0.5) is 10.5 Å². The quantitative estimate of drug-likeness (QED) is 0.617. The molecule has 2 heterocycles. The van der Waals surface area contributed by atoms with Crippen molar-refractivity contribution in [2.24, 2.45) is 12.5 Å². The Balaban J connectivity index is 1.92. The lowest BCUT2D eigenvalue weighted by atomic mass is 9.79. The normalized spacial score (nSPS) is 17.2. The molecule has 3 rings (SSSR count). The maximum atomic E-state index is 12.9. The van der Waals surface area contributed by atoms with Gasteiger partial charge >= 0.3 is 6.09 Å². The Morgan fingerprint density at radius 3 is 2.54 bits per heavy atom. The van der Waals surface area contributed by atoms with Crippen LogP contribution in [0.5, 0.6) is 0 Å². The first-order chi connectivity index (χ1) is 16.3. The van der Waals surface area contributed by atoms with Crippen molar-refractivity contribution < 1.29 is 14.7 Å². The minimum atomic E-state index is -0.914. The molecule has 1 saturated heterocycles. The van der Waals surface area contributed by atoms with Gasteiger partial charge in [-0.1, -0.05) is 44.0 Å². The Morgan fingerprint density at radius 2 is 1.94 bits per heavy atom. The summed E-state index contributed by atoms with van der Waals surface area (Å²) in [4.78, 5) is 38.2. The number of piperidine rings is 1. The number of carbonyl (C=O) groups is 2. The molecular weight excluding hydrogens is 468 g/mol. The van der Waals surface area contributed by atoms with Crippen molar-refractivity contribution in [2.45, 2.75) is 46.6 Å². The number of likely N-dealkylation sites (tertiary alicyclic amines) is 1. The van der Waals surface area contributed by atoms with Gasteiger partial charge in [-0.25, -0.2) is 4.79 Å². The van der Waals surface area contributed by atoms with Crippen molar-refractivity contribution in [3.63, 3.8) is 0 Å². The minimum absolute atomic E-state index is 0.0806. The summed E-state index contributed by atoms with van der Waals surface area (Å²) in [5.74, 6) is -0.522. The summed E-state index contributed by atoms with van der Waals surface area (Å²) in [6, 6.07) is 7.74. The molecule has 2 N–H and O–H groups in total. The third-order valence-corrected chi connectivity index (χ3v) is 6.63. The maximum Gasteiger partial charge on any atom is 0.407 e. The van der Waals surface area contributed by atoms with Crippen molar-refractivity contribution in [3.05, 3.63) is 67.6 Å². The van der Waals surface area contributed by atoms with Gasteiger partial charge in [0.15, 0.2) is 0 Å². The van der Waals surface area contributed by atoms with E-state index in [0.717, 1.165) is 16.7 Å². The Morgan fingerprint density at radius 1 is 1.26 bits per heavy atom. The van der Waals surface area contributed by atoms with Gasteiger partial charge in [0.05, 0.1) is 0 Å². The number of aromatic nitrogens is 1. The fourth-order valence-electron chi connectivity index (χ4n) is 4.28.